The highest BCUT2D eigenvalue weighted by molar-refractivity contribution is 5.94. The number of hydrogen-bond acceptors (Lipinski definition) is 2. The molecule has 1 saturated heterocycles. The van der Waals surface area contributed by atoms with Crippen LogP contribution in [-0.2, 0) is 13.0 Å². The first-order valence-electron chi connectivity index (χ1n) is 10.3. The van der Waals surface area contributed by atoms with Crippen molar-refractivity contribution in [2.75, 3.05) is 13.1 Å². The molecule has 3 nitrogen and oxygen atoms in total. The van der Waals surface area contributed by atoms with Gasteiger partial charge in [0.1, 0.15) is 0 Å². The summed E-state index contributed by atoms with van der Waals surface area (Å²) in [6, 6.07) is 19.2. The number of rotatable bonds is 7. The zero-order valence-corrected chi connectivity index (χ0v) is 16.7. The summed E-state index contributed by atoms with van der Waals surface area (Å²) in [5.74, 6) is 0.827. The van der Waals surface area contributed by atoms with E-state index in [1.807, 2.05) is 19.1 Å². The van der Waals surface area contributed by atoms with Crippen LogP contribution in [0.4, 0.5) is 0 Å². The standard InChI is InChI=1S/C24H32N2O/c1-3-19(2)25-24(27)23-11-9-22(10-12-23)18-26-15-13-21(14-16-26)17-20-7-5-4-6-8-20/h4-12,19,21H,3,13-18H2,1-2H3,(H,25,27)/t19-/m0/s1. The maximum atomic E-state index is 12.2. The summed E-state index contributed by atoms with van der Waals surface area (Å²) in [4.78, 5) is 14.7. The van der Waals surface area contributed by atoms with E-state index in [4.69, 9.17) is 0 Å². The molecule has 1 N–H and O–H groups in total. The molecule has 0 aromatic heterocycles. The Hall–Kier alpha value is -2.13. The van der Waals surface area contributed by atoms with Gasteiger partial charge in [-0.25, -0.2) is 0 Å². The molecular formula is C24H32N2O. The van der Waals surface area contributed by atoms with Crippen molar-refractivity contribution in [1.82, 2.24) is 10.2 Å². The van der Waals surface area contributed by atoms with Gasteiger partial charge in [-0.1, -0.05) is 49.4 Å². The minimum atomic E-state index is 0.0256. The van der Waals surface area contributed by atoms with Gasteiger partial charge in [0.2, 0.25) is 0 Å². The second-order valence-electron chi connectivity index (χ2n) is 7.89. The minimum absolute atomic E-state index is 0.0256. The van der Waals surface area contributed by atoms with E-state index in [9.17, 15) is 4.79 Å². The summed E-state index contributed by atoms with van der Waals surface area (Å²) in [6.45, 7) is 7.41. The van der Waals surface area contributed by atoms with Gasteiger partial charge in [0.15, 0.2) is 0 Å². The second-order valence-corrected chi connectivity index (χ2v) is 7.89. The smallest absolute Gasteiger partial charge is 0.251 e. The van der Waals surface area contributed by atoms with Crippen LogP contribution >= 0.6 is 0 Å². The van der Waals surface area contributed by atoms with E-state index in [0.717, 1.165) is 37.5 Å². The number of nitrogens with one attached hydrogen (secondary N) is 1. The average molecular weight is 365 g/mol. The highest BCUT2D eigenvalue weighted by Gasteiger charge is 2.19. The Labute approximate surface area is 163 Å². The van der Waals surface area contributed by atoms with Crippen LogP contribution in [0.3, 0.4) is 0 Å². The highest BCUT2D eigenvalue weighted by Crippen LogP contribution is 2.23. The number of nitrogens with zero attached hydrogens (tertiary/aromatic N) is 1. The van der Waals surface area contributed by atoms with E-state index in [2.05, 4.69) is 59.6 Å². The molecule has 0 radical (unpaired) electrons. The van der Waals surface area contributed by atoms with Crippen LogP contribution < -0.4 is 5.32 Å². The number of piperidine rings is 1. The molecule has 0 bridgehead atoms. The summed E-state index contributed by atoms with van der Waals surface area (Å²) in [5.41, 5.74) is 3.50. The first-order valence-corrected chi connectivity index (χ1v) is 10.3. The van der Waals surface area contributed by atoms with Gasteiger partial charge in [-0.05, 0) is 74.9 Å². The Kier molecular flexibility index (Phi) is 7.05. The van der Waals surface area contributed by atoms with E-state index < -0.39 is 0 Å². The van der Waals surface area contributed by atoms with Gasteiger partial charge < -0.3 is 5.32 Å². The Morgan fingerprint density at radius 1 is 1.04 bits per heavy atom. The topological polar surface area (TPSA) is 32.3 Å². The third-order valence-electron chi connectivity index (χ3n) is 5.69. The molecule has 1 amide bonds. The molecule has 0 spiro atoms. The van der Waals surface area contributed by atoms with E-state index >= 15 is 0 Å². The average Bonchev–Trinajstić information content (AvgIpc) is 2.70. The summed E-state index contributed by atoms with van der Waals surface area (Å²) in [5, 5.41) is 3.02. The first kappa shape index (κ1) is 19.6. The fraction of sp³-hybridized carbons (Fsp3) is 0.458. The van der Waals surface area contributed by atoms with Gasteiger partial charge >= 0.3 is 0 Å². The van der Waals surface area contributed by atoms with Crippen LogP contribution in [0.1, 0.15) is 54.6 Å². The third-order valence-corrected chi connectivity index (χ3v) is 5.69. The second kappa shape index (κ2) is 9.70. The maximum absolute atomic E-state index is 12.2. The normalized spacial score (nSPS) is 16.8. The van der Waals surface area contributed by atoms with Gasteiger partial charge in [-0.2, -0.15) is 0 Å². The van der Waals surface area contributed by atoms with Crippen molar-refractivity contribution in [2.45, 2.75) is 52.1 Å². The largest absolute Gasteiger partial charge is 0.350 e. The predicted octanol–water partition coefficient (Wildman–Crippen LogP) is 4.67. The van der Waals surface area contributed by atoms with Crippen LogP contribution in [0, 0.1) is 5.92 Å². The molecule has 3 rings (SSSR count). The molecule has 144 valence electrons. The lowest BCUT2D eigenvalue weighted by Gasteiger charge is -2.32. The van der Waals surface area contributed by atoms with Gasteiger partial charge in [0.05, 0.1) is 0 Å². The number of amides is 1. The van der Waals surface area contributed by atoms with Crippen LogP contribution in [0.25, 0.3) is 0 Å². The number of benzene rings is 2. The van der Waals surface area contributed by atoms with E-state index in [-0.39, 0.29) is 11.9 Å². The molecule has 1 heterocycles. The van der Waals surface area contributed by atoms with Gasteiger partial charge in [0.25, 0.3) is 5.91 Å². The quantitative estimate of drug-likeness (QED) is 0.774. The van der Waals surface area contributed by atoms with Gasteiger partial charge in [-0.3, -0.25) is 9.69 Å². The Balaban J connectivity index is 1.45. The maximum Gasteiger partial charge on any atom is 0.251 e. The molecule has 0 aliphatic carbocycles. The van der Waals surface area contributed by atoms with Crippen molar-refractivity contribution in [2.24, 2.45) is 5.92 Å². The Morgan fingerprint density at radius 2 is 1.70 bits per heavy atom. The fourth-order valence-electron chi connectivity index (χ4n) is 3.73. The van der Waals surface area contributed by atoms with Crippen molar-refractivity contribution in [3.63, 3.8) is 0 Å². The SMILES string of the molecule is CC[C@H](C)NC(=O)c1ccc(CN2CCC(Cc3ccccc3)CC2)cc1. The van der Waals surface area contributed by atoms with Gasteiger partial charge in [0, 0.05) is 18.2 Å². The Morgan fingerprint density at radius 3 is 2.33 bits per heavy atom. The summed E-state index contributed by atoms with van der Waals surface area (Å²) >= 11 is 0. The zero-order valence-electron chi connectivity index (χ0n) is 16.7. The van der Waals surface area contributed by atoms with Crippen molar-refractivity contribution in [3.05, 3.63) is 71.3 Å². The Bertz CT molecular complexity index is 703. The lowest BCUT2D eigenvalue weighted by atomic mass is 9.90. The molecule has 1 atom stereocenters. The lowest BCUT2D eigenvalue weighted by molar-refractivity contribution is 0.0939. The van der Waals surface area contributed by atoms with Crippen LogP contribution in [0.5, 0.6) is 0 Å². The van der Waals surface area contributed by atoms with Crippen LogP contribution in [0.2, 0.25) is 0 Å². The molecule has 2 aromatic carbocycles. The van der Waals surface area contributed by atoms with Crippen molar-refractivity contribution >= 4 is 5.91 Å². The van der Waals surface area contributed by atoms with Crippen LogP contribution in [0.15, 0.2) is 54.6 Å². The molecule has 1 aliphatic heterocycles. The van der Waals surface area contributed by atoms with Crippen molar-refractivity contribution in [1.29, 1.82) is 0 Å². The van der Waals surface area contributed by atoms with E-state index in [1.54, 1.807) is 0 Å². The summed E-state index contributed by atoms with van der Waals surface area (Å²) < 4.78 is 0. The highest BCUT2D eigenvalue weighted by atomic mass is 16.1. The zero-order chi connectivity index (χ0) is 19.1. The number of hydrogen-bond donors (Lipinski definition) is 1. The van der Waals surface area contributed by atoms with Crippen LogP contribution in [-0.4, -0.2) is 29.9 Å². The first-order chi connectivity index (χ1) is 13.1. The van der Waals surface area contributed by atoms with E-state index in [0.29, 0.717) is 0 Å². The number of carbonyl (C=O) groups excluding carboxylic acids is 1. The molecule has 27 heavy (non-hydrogen) atoms. The van der Waals surface area contributed by atoms with Crippen molar-refractivity contribution in [3.8, 4) is 0 Å². The third kappa shape index (κ3) is 5.93. The van der Waals surface area contributed by atoms with Crippen molar-refractivity contribution < 1.29 is 4.79 Å². The molecule has 1 fully saturated rings. The summed E-state index contributed by atoms with van der Waals surface area (Å²) in [7, 11) is 0. The molecule has 1 aliphatic rings. The minimum Gasteiger partial charge on any atom is -0.350 e. The monoisotopic (exact) mass is 364 g/mol. The fourth-order valence-corrected chi connectivity index (χ4v) is 3.73. The predicted molar refractivity (Wildman–Crippen MR) is 112 cm³/mol. The van der Waals surface area contributed by atoms with Gasteiger partial charge in [-0.15, -0.1) is 0 Å². The molecular weight excluding hydrogens is 332 g/mol. The summed E-state index contributed by atoms with van der Waals surface area (Å²) in [6.07, 6.45) is 4.69. The number of likely N-dealkylation sites (tertiary alicyclic amines) is 1. The molecule has 2 aromatic rings. The number of carbonyl (C=O) groups is 1. The molecule has 0 unspecified atom stereocenters. The van der Waals surface area contributed by atoms with E-state index in [1.165, 1.54) is 30.4 Å². The lowest BCUT2D eigenvalue weighted by Crippen LogP contribution is -2.34. The molecule has 3 heteroatoms. The molecule has 0 saturated carbocycles.